The molecule has 0 bridgehead atoms. The monoisotopic (exact) mass is 145 g/mol. The van der Waals surface area contributed by atoms with E-state index < -0.39 is 24.4 Å². The van der Waals surface area contributed by atoms with E-state index in [1.165, 1.54) is 12.2 Å². The van der Waals surface area contributed by atoms with Crippen LogP contribution < -0.4 is 5.73 Å². The number of nitrogens with two attached hydrogens (primary N) is 1. The SMILES string of the molecule is N[C@H]1C=C[C@H](O)[C@H](O)[C@H]1O. The zero-order valence-electron chi connectivity index (χ0n) is 5.38. The van der Waals surface area contributed by atoms with Crippen LogP contribution in [0.1, 0.15) is 0 Å². The maximum atomic E-state index is 9.03. The number of hydrogen-bond donors (Lipinski definition) is 4. The van der Waals surface area contributed by atoms with Crippen molar-refractivity contribution < 1.29 is 15.3 Å². The summed E-state index contributed by atoms with van der Waals surface area (Å²) in [5, 5.41) is 26.9. The average molecular weight is 145 g/mol. The first-order chi connectivity index (χ1) is 4.63. The van der Waals surface area contributed by atoms with Crippen molar-refractivity contribution in [1.82, 2.24) is 0 Å². The minimum Gasteiger partial charge on any atom is -0.388 e. The van der Waals surface area contributed by atoms with Crippen LogP contribution in [0, 0.1) is 0 Å². The summed E-state index contributed by atoms with van der Waals surface area (Å²) in [4.78, 5) is 0. The molecule has 0 aromatic heterocycles. The molecule has 0 amide bonds. The molecule has 5 N–H and O–H groups in total. The van der Waals surface area contributed by atoms with Crippen molar-refractivity contribution in [1.29, 1.82) is 0 Å². The summed E-state index contributed by atoms with van der Waals surface area (Å²) in [5.74, 6) is 0. The smallest absolute Gasteiger partial charge is 0.111 e. The van der Waals surface area contributed by atoms with E-state index >= 15 is 0 Å². The Morgan fingerprint density at radius 3 is 2.10 bits per heavy atom. The Hall–Kier alpha value is -0.420. The summed E-state index contributed by atoms with van der Waals surface area (Å²) in [6.45, 7) is 0. The van der Waals surface area contributed by atoms with Gasteiger partial charge in [0.1, 0.15) is 18.3 Å². The van der Waals surface area contributed by atoms with Gasteiger partial charge in [-0.25, -0.2) is 0 Å². The molecule has 4 nitrogen and oxygen atoms in total. The molecule has 0 spiro atoms. The van der Waals surface area contributed by atoms with Crippen LogP contribution in [0.5, 0.6) is 0 Å². The highest BCUT2D eigenvalue weighted by Crippen LogP contribution is 2.11. The lowest BCUT2D eigenvalue weighted by Crippen LogP contribution is -2.49. The van der Waals surface area contributed by atoms with Crippen LogP contribution in [0.25, 0.3) is 0 Å². The van der Waals surface area contributed by atoms with Crippen molar-refractivity contribution in [2.75, 3.05) is 0 Å². The highest BCUT2D eigenvalue weighted by molar-refractivity contribution is 5.09. The van der Waals surface area contributed by atoms with Crippen molar-refractivity contribution in [3.05, 3.63) is 12.2 Å². The minimum absolute atomic E-state index is 0.571. The molecule has 0 unspecified atom stereocenters. The van der Waals surface area contributed by atoms with Crippen molar-refractivity contribution in [2.45, 2.75) is 24.4 Å². The van der Waals surface area contributed by atoms with Gasteiger partial charge in [0.05, 0.1) is 6.04 Å². The Bertz CT molecular complexity index is 132. The van der Waals surface area contributed by atoms with Gasteiger partial charge >= 0.3 is 0 Å². The highest BCUT2D eigenvalue weighted by Gasteiger charge is 2.30. The number of rotatable bonds is 0. The van der Waals surface area contributed by atoms with Crippen molar-refractivity contribution in [3.8, 4) is 0 Å². The highest BCUT2D eigenvalue weighted by atomic mass is 16.4. The maximum Gasteiger partial charge on any atom is 0.111 e. The van der Waals surface area contributed by atoms with Crippen molar-refractivity contribution in [2.24, 2.45) is 5.73 Å². The second kappa shape index (κ2) is 2.67. The molecule has 0 aromatic rings. The molecule has 1 aliphatic rings. The van der Waals surface area contributed by atoms with E-state index in [9.17, 15) is 0 Å². The van der Waals surface area contributed by atoms with E-state index in [2.05, 4.69) is 0 Å². The van der Waals surface area contributed by atoms with Crippen molar-refractivity contribution >= 4 is 0 Å². The normalized spacial score (nSPS) is 47.6. The molecule has 1 rings (SSSR count). The Balaban J connectivity index is 2.69. The molecule has 0 aromatic carbocycles. The van der Waals surface area contributed by atoms with E-state index in [1.54, 1.807) is 0 Å². The van der Waals surface area contributed by atoms with Crippen LogP contribution in [-0.2, 0) is 0 Å². The van der Waals surface area contributed by atoms with Crippen LogP contribution in [0.15, 0.2) is 12.2 Å². The fourth-order valence-electron chi connectivity index (χ4n) is 0.900. The Morgan fingerprint density at radius 1 is 1.00 bits per heavy atom. The molecule has 0 saturated carbocycles. The summed E-state index contributed by atoms with van der Waals surface area (Å²) in [6, 6.07) is -0.571. The first kappa shape index (κ1) is 7.68. The van der Waals surface area contributed by atoms with E-state index in [0.717, 1.165) is 0 Å². The molecule has 0 fully saturated rings. The number of hydrogen-bond acceptors (Lipinski definition) is 4. The third kappa shape index (κ3) is 1.19. The van der Waals surface area contributed by atoms with Gasteiger partial charge in [0.2, 0.25) is 0 Å². The van der Waals surface area contributed by atoms with Crippen molar-refractivity contribution in [3.63, 3.8) is 0 Å². The van der Waals surface area contributed by atoms with Gasteiger partial charge < -0.3 is 21.1 Å². The van der Waals surface area contributed by atoms with Gasteiger partial charge in [0.15, 0.2) is 0 Å². The van der Waals surface area contributed by atoms with Gasteiger partial charge in [-0.2, -0.15) is 0 Å². The maximum absolute atomic E-state index is 9.03. The summed E-state index contributed by atoms with van der Waals surface area (Å²) in [5.41, 5.74) is 5.32. The first-order valence-corrected chi connectivity index (χ1v) is 3.11. The second-order valence-corrected chi connectivity index (χ2v) is 2.43. The molecule has 0 radical (unpaired) electrons. The zero-order chi connectivity index (χ0) is 7.72. The van der Waals surface area contributed by atoms with Crippen LogP contribution in [0.4, 0.5) is 0 Å². The minimum atomic E-state index is -1.15. The average Bonchev–Trinajstić information content (AvgIpc) is 1.93. The summed E-state index contributed by atoms with van der Waals surface area (Å²) < 4.78 is 0. The molecule has 0 heterocycles. The zero-order valence-corrected chi connectivity index (χ0v) is 5.38. The molecule has 0 aliphatic heterocycles. The lowest BCUT2D eigenvalue weighted by atomic mass is 9.95. The predicted molar refractivity (Wildman–Crippen MR) is 35.1 cm³/mol. The molecular formula is C6H11NO3. The van der Waals surface area contributed by atoms with E-state index in [-0.39, 0.29) is 0 Å². The standard InChI is InChI=1S/C6H11NO3/c7-3-1-2-4(8)6(10)5(3)9/h1-6,8-10H,7H2/t3-,4-,5-,6-/m0/s1. The quantitative estimate of drug-likeness (QED) is 0.296. The van der Waals surface area contributed by atoms with Gasteiger partial charge in [-0.15, -0.1) is 0 Å². The third-order valence-electron chi connectivity index (χ3n) is 1.62. The molecule has 4 atom stereocenters. The second-order valence-electron chi connectivity index (χ2n) is 2.43. The Morgan fingerprint density at radius 2 is 1.60 bits per heavy atom. The van der Waals surface area contributed by atoms with Crippen LogP contribution in [-0.4, -0.2) is 39.7 Å². The number of aliphatic hydroxyl groups excluding tert-OH is 3. The topological polar surface area (TPSA) is 86.7 Å². The Kier molecular flexibility index (Phi) is 2.05. The van der Waals surface area contributed by atoms with Gasteiger partial charge in [-0.05, 0) is 0 Å². The lowest BCUT2D eigenvalue weighted by Gasteiger charge is -2.28. The molecular weight excluding hydrogens is 134 g/mol. The molecule has 1 aliphatic carbocycles. The largest absolute Gasteiger partial charge is 0.388 e. The predicted octanol–water partition coefficient (Wildman–Crippen LogP) is -2.03. The summed E-state index contributed by atoms with van der Waals surface area (Å²) >= 11 is 0. The molecule has 58 valence electrons. The molecule has 4 heteroatoms. The molecule has 10 heavy (non-hydrogen) atoms. The van der Waals surface area contributed by atoms with Crippen LogP contribution >= 0.6 is 0 Å². The van der Waals surface area contributed by atoms with Gasteiger partial charge in [0.25, 0.3) is 0 Å². The van der Waals surface area contributed by atoms with Gasteiger partial charge in [-0.1, -0.05) is 12.2 Å². The van der Waals surface area contributed by atoms with Crippen LogP contribution in [0.2, 0.25) is 0 Å². The fourth-order valence-corrected chi connectivity index (χ4v) is 0.900. The first-order valence-electron chi connectivity index (χ1n) is 3.11. The van der Waals surface area contributed by atoms with E-state index in [4.69, 9.17) is 21.1 Å². The van der Waals surface area contributed by atoms with E-state index in [1.807, 2.05) is 0 Å². The van der Waals surface area contributed by atoms with Crippen LogP contribution in [0.3, 0.4) is 0 Å². The third-order valence-corrected chi connectivity index (χ3v) is 1.62. The van der Waals surface area contributed by atoms with E-state index in [0.29, 0.717) is 0 Å². The fraction of sp³-hybridized carbons (Fsp3) is 0.667. The lowest BCUT2D eigenvalue weighted by molar-refractivity contribution is -0.0518. The molecule has 0 saturated heterocycles. The number of aliphatic hydroxyl groups is 3. The summed E-state index contributed by atoms with van der Waals surface area (Å²) in [6.07, 6.45) is -0.348. The van der Waals surface area contributed by atoms with Gasteiger partial charge in [-0.3, -0.25) is 0 Å². The Labute approximate surface area is 58.6 Å². The van der Waals surface area contributed by atoms with Gasteiger partial charge in [0, 0.05) is 0 Å². The summed E-state index contributed by atoms with van der Waals surface area (Å²) in [7, 11) is 0.